The molecule has 1 aromatic heterocycles. The Morgan fingerprint density at radius 2 is 2.27 bits per heavy atom. The van der Waals surface area contributed by atoms with Gasteiger partial charge in [0, 0.05) is 34.9 Å². The molecule has 1 N–H and O–H groups in total. The molecule has 0 bridgehead atoms. The molecule has 1 heterocycles. The molecule has 0 fully saturated rings. The average Bonchev–Trinajstić information content (AvgIpc) is 1.98. The summed E-state index contributed by atoms with van der Waals surface area (Å²) in [4.78, 5) is 8.34. The van der Waals surface area contributed by atoms with Crippen LogP contribution < -0.4 is 5.32 Å². The summed E-state index contributed by atoms with van der Waals surface area (Å²) in [6.07, 6.45) is 1.69. The van der Waals surface area contributed by atoms with Gasteiger partial charge in [-0.1, -0.05) is 0 Å². The standard InChI is InChI=1S/C9H14BrN3OS/c1-6(5-15(3)14)11-9-4-8(10)12-7(2)13-9/h4,6H,5H2,1-3H3,(H,11,12,13). The van der Waals surface area contributed by atoms with Gasteiger partial charge in [-0.2, -0.15) is 0 Å². The van der Waals surface area contributed by atoms with Gasteiger partial charge in [0.05, 0.1) is 0 Å². The van der Waals surface area contributed by atoms with Gasteiger partial charge in [0.2, 0.25) is 0 Å². The summed E-state index contributed by atoms with van der Waals surface area (Å²) in [6, 6.07) is 1.94. The predicted molar refractivity (Wildman–Crippen MR) is 66.5 cm³/mol. The van der Waals surface area contributed by atoms with Crippen LogP contribution in [0.3, 0.4) is 0 Å². The van der Waals surface area contributed by atoms with E-state index in [1.54, 1.807) is 6.26 Å². The lowest BCUT2D eigenvalue weighted by molar-refractivity contribution is 0.683. The molecule has 0 radical (unpaired) electrons. The Morgan fingerprint density at radius 3 is 2.80 bits per heavy atom. The van der Waals surface area contributed by atoms with E-state index < -0.39 is 10.8 Å². The molecule has 0 spiro atoms. The molecule has 2 unspecified atom stereocenters. The third kappa shape index (κ3) is 4.70. The van der Waals surface area contributed by atoms with Gasteiger partial charge in [-0.15, -0.1) is 0 Å². The fourth-order valence-corrected chi connectivity index (χ4v) is 2.51. The molecule has 0 aliphatic rings. The molecule has 0 saturated carbocycles. The van der Waals surface area contributed by atoms with E-state index in [1.807, 2.05) is 19.9 Å². The van der Waals surface area contributed by atoms with Crippen molar-refractivity contribution in [3.63, 3.8) is 0 Å². The van der Waals surface area contributed by atoms with Crippen LogP contribution in [0.15, 0.2) is 10.7 Å². The Bertz CT molecular complexity index is 352. The van der Waals surface area contributed by atoms with E-state index >= 15 is 0 Å². The highest BCUT2D eigenvalue weighted by atomic mass is 79.9. The summed E-state index contributed by atoms with van der Waals surface area (Å²) < 4.78 is 11.8. The first-order valence-corrected chi connectivity index (χ1v) is 7.07. The minimum Gasteiger partial charge on any atom is -0.367 e. The van der Waals surface area contributed by atoms with E-state index in [9.17, 15) is 4.21 Å². The maximum absolute atomic E-state index is 11.0. The molecule has 0 aromatic carbocycles. The lowest BCUT2D eigenvalue weighted by atomic mass is 10.4. The van der Waals surface area contributed by atoms with Crippen molar-refractivity contribution < 1.29 is 4.21 Å². The third-order valence-electron chi connectivity index (χ3n) is 1.69. The zero-order valence-corrected chi connectivity index (χ0v) is 11.4. The number of anilines is 1. The van der Waals surface area contributed by atoms with Crippen molar-refractivity contribution in [1.82, 2.24) is 9.97 Å². The lowest BCUT2D eigenvalue weighted by Gasteiger charge is -2.13. The van der Waals surface area contributed by atoms with Gasteiger partial charge in [0.15, 0.2) is 0 Å². The van der Waals surface area contributed by atoms with Crippen molar-refractivity contribution in [3.8, 4) is 0 Å². The van der Waals surface area contributed by atoms with E-state index in [1.165, 1.54) is 0 Å². The van der Waals surface area contributed by atoms with E-state index in [4.69, 9.17) is 0 Å². The van der Waals surface area contributed by atoms with Gasteiger partial charge in [0.1, 0.15) is 16.2 Å². The Kier molecular flexibility index (Phi) is 4.66. The summed E-state index contributed by atoms with van der Waals surface area (Å²) in [5.41, 5.74) is 0. The Morgan fingerprint density at radius 1 is 1.60 bits per heavy atom. The van der Waals surface area contributed by atoms with Crippen LogP contribution >= 0.6 is 15.9 Å². The number of nitrogens with one attached hydrogen (secondary N) is 1. The Balaban J connectivity index is 2.67. The Labute approximate surface area is 100 Å². The highest BCUT2D eigenvalue weighted by Gasteiger charge is 2.06. The van der Waals surface area contributed by atoms with Gasteiger partial charge < -0.3 is 5.32 Å². The number of aryl methyl sites for hydroxylation is 1. The SMILES string of the molecule is Cc1nc(Br)cc(NC(C)CS(C)=O)n1. The van der Waals surface area contributed by atoms with Gasteiger partial charge in [0.25, 0.3) is 0 Å². The van der Waals surface area contributed by atoms with Crippen LogP contribution in [0, 0.1) is 6.92 Å². The molecule has 0 aliphatic carbocycles. The molecular formula is C9H14BrN3OS. The van der Waals surface area contributed by atoms with Gasteiger partial charge in [-0.25, -0.2) is 9.97 Å². The summed E-state index contributed by atoms with van der Waals surface area (Å²) in [7, 11) is -0.798. The molecule has 2 atom stereocenters. The molecule has 4 nitrogen and oxygen atoms in total. The maximum Gasteiger partial charge on any atom is 0.131 e. The van der Waals surface area contributed by atoms with Crippen LogP contribution in [-0.2, 0) is 10.8 Å². The number of hydrogen-bond donors (Lipinski definition) is 1. The summed E-state index contributed by atoms with van der Waals surface area (Å²) in [5, 5.41) is 3.18. The molecule has 0 aliphatic heterocycles. The van der Waals surface area contributed by atoms with Crippen LogP contribution in [0.4, 0.5) is 5.82 Å². The summed E-state index contributed by atoms with van der Waals surface area (Å²) >= 11 is 3.30. The van der Waals surface area contributed by atoms with Crippen LogP contribution in [0.25, 0.3) is 0 Å². The number of rotatable bonds is 4. The molecular weight excluding hydrogens is 278 g/mol. The second-order valence-corrected chi connectivity index (χ2v) is 5.70. The Hall–Kier alpha value is -0.490. The second-order valence-electron chi connectivity index (χ2n) is 3.41. The second kappa shape index (κ2) is 5.55. The highest BCUT2D eigenvalue weighted by Crippen LogP contribution is 2.12. The summed E-state index contributed by atoms with van der Waals surface area (Å²) in [5.74, 6) is 2.07. The van der Waals surface area contributed by atoms with E-state index in [-0.39, 0.29) is 6.04 Å². The minimum atomic E-state index is -0.798. The highest BCUT2D eigenvalue weighted by molar-refractivity contribution is 9.10. The largest absolute Gasteiger partial charge is 0.367 e. The van der Waals surface area contributed by atoms with Crippen molar-refractivity contribution in [3.05, 3.63) is 16.5 Å². The van der Waals surface area contributed by atoms with Gasteiger partial charge in [-0.3, -0.25) is 4.21 Å². The molecule has 0 saturated heterocycles. The van der Waals surface area contributed by atoms with Crippen LogP contribution in [0.1, 0.15) is 12.7 Å². The number of aromatic nitrogens is 2. The first-order chi connectivity index (χ1) is 6.97. The van der Waals surface area contributed by atoms with E-state index in [0.717, 1.165) is 10.4 Å². The monoisotopic (exact) mass is 291 g/mol. The fraction of sp³-hybridized carbons (Fsp3) is 0.556. The van der Waals surface area contributed by atoms with E-state index in [0.29, 0.717) is 11.6 Å². The van der Waals surface area contributed by atoms with Crippen molar-refractivity contribution in [2.45, 2.75) is 19.9 Å². The number of nitrogens with zero attached hydrogens (tertiary/aromatic N) is 2. The average molecular weight is 292 g/mol. The fourth-order valence-electron chi connectivity index (χ4n) is 1.25. The van der Waals surface area contributed by atoms with Crippen molar-refractivity contribution in [1.29, 1.82) is 0 Å². The molecule has 15 heavy (non-hydrogen) atoms. The van der Waals surface area contributed by atoms with Crippen molar-refractivity contribution >= 4 is 32.5 Å². The van der Waals surface area contributed by atoms with Crippen molar-refractivity contribution in [2.75, 3.05) is 17.3 Å². The van der Waals surface area contributed by atoms with Gasteiger partial charge in [-0.05, 0) is 29.8 Å². The molecule has 1 rings (SSSR count). The lowest BCUT2D eigenvalue weighted by Crippen LogP contribution is -2.23. The predicted octanol–water partition coefficient (Wildman–Crippen LogP) is 1.73. The minimum absolute atomic E-state index is 0.136. The van der Waals surface area contributed by atoms with Crippen LogP contribution in [0.5, 0.6) is 0 Å². The molecule has 1 aromatic rings. The van der Waals surface area contributed by atoms with E-state index in [2.05, 4.69) is 31.2 Å². The quantitative estimate of drug-likeness (QED) is 0.859. The zero-order valence-electron chi connectivity index (χ0n) is 8.95. The maximum atomic E-state index is 11.0. The normalized spacial score (nSPS) is 14.7. The molecule has 84 valence electrons. The number of halogens is 1. The van der Waals surface area contributed by atoms with Crippen molar-refractivity contribution in [2.24, 2.45) is 0 Å². The zero-order chi connectivity index (χ0) is 11.4. The molecule has 6 heteroatoms. The topological polar surface area (TPSA) is 54.9 Å². The van der Waals surface area contributed by atoms with Crippen LogP contribution in [-0.4, -0.2) is 32.2 Å². The van der Waals surface area contributed by atoms with Gasteiger partial charge >= 0.3 is 0 Å². The van der Waals surface area contributed by atoms with Crippen LogP contribution in [0.2, 0.25) is 0 Å². The first-order valence-electron chi connectivity index (χ1n) is 4.55. The smallest absolute Gasteiger partial charge is 0.131 e. The third-order valence-corrected chi connectivity index (χ3v) is 3.06. The summed E-state index contributed by atoms with van der Waals surface area (Å²) in [6.45, 7) is 3.81. The molecule has 0 amide bonds. The first kappa shape index (κ1) is 12.6. The number of hydrogen-bond acceptors (Lipinski definition) is 4.